The molecule has 0 radical (unpaired) electrons. The van der Waals surface area contributed by atoms with Gasteiger partial charge in [0.1, 0.15) is 5.75 Å². The van der Waals surface area contributed by atoms with Gasteiger partial charge < -0.3 is 4.74 Å². The molecule has 2 aromatic carbocycles. The largest absolute Gasteiger partial charge is 0.435 e. The van der Waals surface area contributed by atoms with E-state index in [1.807, 2.05) is 24.3 Å². The highest BCUT2D eigenvalue weighted by Gasteiger charge is 2.18. The van der Waals surface area contributed by atoms with Crippen LogP contribution in [0.4, 0.5) is 8.78 Å². The quantitative estimate of drug-likeness (QED) is 0.521. The molecule has 0 N–H and O–H groups in total. The Morgan fingerprint density at radius 3 is 2.07 bits per heavy atom. The molecule has 1 aliphatic carbocycles. The lowest BCUT2D eigenvalue weighted by Gasteiger charge is -2.25. The van der Waals surface area contributed by atoms with E-state index in [9.17, 15) is 8.78 Å². The van der Waals surface area contributed by atoms with Gasteiger partial charge in [-0.3, -0.25) is 0 Å². The first-order valence-corrected chi connectivity index (χ1v) is 9.81. The minimum absolute atomic E-state index is 0.171. The van der Waals surface area contributed by atoms with Gasteiger partial charge in [-0.25, -0.2) is 0 Å². The Labute approximate surface area is 160 Å². The van der Waals surface area contributed by atoms with Gasteiger partial charge in [0.25, 0.3) is 0 Å². The van der Waals surface area contributed by atoms with Crippen LogP contribution in [0.25, 0.3) is 11.1 Å². The first-order chi connectivity index (χ1) is 13.1. The first-order valence-electron chi connectivity index (χ1n) is 9.81. The Morgan fingerprint density at radius 2 is 1.52 bits per heavy atom. The van der Waals surface area contributed by atoms with Crippen molar-refractivity contribution in [3.05, 3.63) is 54.1 Å². The van der Waals surface area contributed by atoms with Gasteiger partial charge >= 0.3 is 6.61 Å². The zero-order valence-electron chi connectivity index (χ0n) is 15.8. The van der Waals surface area contributed by atoms with Gasteiger partial charge in [0.2, 0.25) is 0 Å². The maximum absolute atomic E-state index is 12.2. The van der Waals surface area contributed by atoms with E-state index < -0.39 is 6.61 Å². The molecule has 27 heavy (non-hydrogen) atoms. The summed E-state index contributed by atoms with van der Waals surface area (Å²) in [4.78, 5) is 0. The third-order valence-corrected chi connectivity index (χ3v) is 5.26. The summed E-state index contributed by atoms with van der Waals surface area (Å²) in [6, 6.07) is 14.8. The SMILES string of the molecule is CCC[C@H]1CC[C@H](C#Cc2ccc(-c3ccc(OC(F)F)cc3)cc2)CC1. The fourth-order valence-electron chi connectivity index (χ4n) is 3.76. The van der Waals surface area contributed by atoms with E-state index in [0.717, 1.165) is 22.6 Å². The molecule has 1 aliphatic rings. The van der Waals surface area contributed by atoms with E-state index in [-0.39, 0.29) is 5.75 Å². The summed E-state index contributed by atoms with van der Waals surface area (Å²) in [6.45, 7) is -0.531. The molecular weight excluding hydrogens is 342 g/mol. The van der Waals surface area contributed by atoms with Crippen LogP contribution in [0, 0.1) is 23.7 Å². The van der Waals surface area contributed by atoms with Crippen molar-refractivity contribution in [1.29, 1.82) is 0 Å². The monoisotopic (exact) mass is 368 g/mol. The van der Waals surface area contributed by atoms with Gasteiger partial charge in [-0.05, 0) is 67.0 Å². The normalized spacial score (nSPS) is 19.4. The summed E-state index contributed by atoms with van der Waals surface area (Å²) >= 11 is 0. The van der Waals surface area contributed by atoms with E-state index in [2.05, 4.69) is 23.5 Å². The van der Waals surface area contributed by atoms with E-state index >= 15 is 0 Å². The first kappa shape index (κ1) is 19.4. The highest BCUT2D eigenvalue weighted by atomic mass is 19.3. The van der Waals surface area contributed by atoms with Crippen LogP contribution in [0.3, 0.4) is 0 Å². The van der Waals surface area contributed by atoms with Crippen molar-refractivity contribution >= 4 is 0 Å². The average molecular weight is 368 g/mol. The van der Waals surface area contributed by atoms with Gasteiger partial charge in [0, 0.05) is 11.5 Å². The lowest BCUT2D eigenvalue weighted by Crippen LogP contribution is -2.13. The van der Waals surface area contributed by atoms with Crippen molar-refractivity contribution in [2.45, 2.75) is 52.1 Å². The molecule has 0 atom stereocenters. The number of alkyl halides is 2. The van der Waals surface area contributed by atoms with Gasteiger partial charge in [0.05, 0.1) is 0 Å². The lowest BCUT2D eigenvalue weighted by molar-refractivity contribution is -0.0498. The predicted molar refractivity (Wildman–Crippen MR) is 106 cm³/mol. The maximum atomic E-state index is 12.2. The highest BCUT2D eigenvalue weighted by Crippen LogP contribution is 2.31. The third kappa shape index (κ3) is 5.82. The lowest BCUT2D eigenvalue weighted by atomic mass is 9.80. The van der Waals surface area contributed by atoms with Crippen molar-refractivity contribution in [2.75, 3.05) is 0 Å². The molecular formula is C24H26F2O. The minimum Gasteiger partial charge on any atom is -0.435 e. The summed E-state index contributed by atoms with van der Waals surface area (Å²) in [5.74, 6) is 8.37. The molecule has 0 aliphatic heterocycles. The molecule has 0 saturated heterocycles. The molecule has 0 bridgehead atoms. The third-order valence-electron chi connectivity index (χ3n) is 5.26. The van der Waals surface area contributed by atoms with Crippen molar-refractivity contribution in [3.8, 4) is 28.7 Å². The van der Waals surface area contributed by atoms with Crippen molar-refractivity contribution in [1.82, 2.24) is 0 Å². The topological polar surface area (TPSA) is 9.23 Å². The Balaban J connectivity index is 1.58. The number of rotatable bonds is 5. The zero-order valence-corrected chi connectivity index (χ0v) is 15.8. The number of halogens is 2. The van der Waals surface area contributed by atoms with Crippen molar-refractivity contribution < 1.29 is 13.5 Å². The Hall–Kier alpha value is -2.34. The molecule has 0 heterocycles. The molecule has 1 nitrogen and oxygen atoms in total. The van der Waals surface area contributed by atoms with E-state index in [4.69, 9.17) is 0 Å². The van der Waals surface area contributed by atoms with Crippen LogP contribution in [0.5, 0.6) is 5.75 Å². The maximum Gasteiger partial charge on any atom is 0.387 e. The number of hydrogen-bond acceptors (Lipinski definition) is 1. The second-order valence-electron chi connectivity index (χ2n) is 7.26. The van der Waals surface area contributed by atoms with Crippen LogP contribution < -0.4 is 4.74 Å². The minimum atomic E-state index is -2.80. The fourth-order valence-corrected chi connectivity index (χ4v) is 3.76. The highest BCUT2D eigenvalue weighted by molar-refractivity contribution is 5.65. The van der Waals surface area contributed by atoms with Gasteiger partial charge in [0.15, 0.2) is 0 Å². The number of ether oxygens (including phenoxy) is 1. The summed E-state index contributed by atoms with van der Waals surface area (Å²) < 4.78 is 28.8. The molecule has 142 valence electrons. The van der Waals surface area contributed by atoms with Crippen LogP contribution >= 0.6 is 0 Å². The van der Waals surface area contributed by atoms with E-state index in [0.29, 0.717) is 5.92 Å². The number of benzene rings is 2. The molecule has 0 amide bonds. The summed E-state index contributed by atoms with van der Waals surface area (Å²) in [7, 11) is 0. The molecule has 3 heteroatoms. The van der Waals surface area contributed by atoms with Crippen LogP contribution in [0.2, 0.25) is 0 Å². The zero-order chi connectivity index (χ0) is 19.1. The Bertz CT molecular complexity index is 761. The van der Waals surface area contributed by atoms with Crippen LogP contribution in [0.15, 0.2) is 48.5 Å². The molecule has 0 aromatic heterocycles. The van der Waals surface area contributed by atoms with Gasteiger partial charge in [-0.1, -0.05) is 55.9 Å². The second-order valence-corrected chi connectivity index (χ2v) is 7.26. The Morgan fingerprint density at radius 1 is 0.926 bits per heavy atom. The summed E-state index contributed by atoms with van der Waals surface area (Å²) in [5, 5.41) is 0. The average Bonchev–Trinajstić information content (AvgIpc) is 2.68. The molecule has 1 saturated carbocycles. The van der Waals surface area contributed by atoms with Crippen LogP contribution in [-0.2, 0) is 0 Å². The van der Waals surface area contributed by atoms with Crippen LogP contribution in [-0.4, -0.2) is 6.61 Å². The molecule has 0 spiro atoms. The van der Waals surface area contributed by atoms with Gasteiger partial charge in [-0.2, -0.15) is 8.78 Å². The second kappa shape index (κ2) is 9.55. The fraction of sp³-hybridized carbons (Fsp3) is 0.417. The van der Waals surface area contributed by atoms with Crippen molar-refractivity contribution in [3.63, 3.8) is 0 Å². The molecule has 1 fully saturated rings. The summed E-state index contributed by atoms with van der Waals surface area (Å²) in [6.07, 6.45) is 7.73. The standard InChI is InChI=1S/C24H26F2O/c1-2-3-18-4-6-19(7-5-18)8-9-20-10-12-21(13-11-20)22-14-16-23(17-15-22)27-24(25)26/h10-19,24H,2-7H2,1H3/t18-,19-. The Kier molecular flexibility index (Phi) is 6.87. The molecule has 0 unspecified atom stereocenters. The molecule has 3 rings (SSSR count). The van der Waals surface area contributed by atoms with Crippen LogP contribution in [0.1, 0.15) is 51.0 Å². The van der Waals surface area contributed by atoms with Crippen molar-refractivity contribution in [2.24, 2.45) is 11.8 Å². The van der Waals surface area contributed by atoms with Gasteiger partial charge in [-0.15, -0.1) is 0 Å². The number of hydrogen-bond donors (Lipinski definition) is 0. The van der Waals surface area contributed by atoms with E-state index in [1.54, 1.807) is 24.3 Å². The smallest absolute Gasteiger partial charge is 0.387 e. The van der Waals surface area contributed by atoms with E-state index in [1.165, 1.54) is 38.5 Å². The summed E-state index contributed by atoms with van der Waals surface area (Å²) in [5.41, 5.74) is 3.02. The molecule has 2 aromatic rings. The predicted octanol–water partition coefficient (Wildman–Crippen LogP) is 6.91.